The Morgan fingerprint density at radius 2 is 2.08 bits per heavy atom. The van der Waals surface area contributed by atoms with E-state index < -0.39 is 0 Å². The highest BCUT2D eigenvalue weighted by Crippen LogP contribution is 2.50. The number of nitrogens with one attached hydrogen (secondary N) is 1. The zero-order valence-corrected chi connectivity index (χ0v) is 14.9. The molecule has 4 rings (SSSR count). The van der Waals surface area contributed by atoms with Crippen LogP contribution in [0.2, 0.25) is 0 Å². The van der Waals surface area contributed by atoms with Crippen LogP contribution in [-0.4, -0.2) is 29.8 Å². The van der Waals surface area contributed by atoms with Gasteiger partial charge in [-0.3, -0.25) is 9.69 Å². The zero-order valence-electron chi connectivity index (χ0n) is 14.1. The van der Waals surface area contributed by atoms with E-state index in [1.54, 1.807) is 30.0 Å². The molecule has 1 amide bonds. The van der Waals surface area contributed by atoms with Crippen LogP contribution in [0.15, 0.2) is 53.8 Å². The van der Waals surface area contributed by atoms with Gasteiger partial charge in [-0.25, -0.2) is 4.98 Å². The van der Waals surface area contributed by atoms with E-state index in [0.29, 0.717) is 0 Å². The first-order valence-corrected chi connectivity index (χ1v) is 9.15. The summed E-state index contributed by atoms with van der Waals surface area (Å²) in [5.41, 5.74) is 3.05. The highest BCUT2D eigenvalue weighted by Gasteiger charge is 2.43. The lowest BCUT2D eigenvalue weighted by Crippen LogP contribution is -2.38. The molecule has 0 fully saturated rings. The third-order valence-corrected chi connectivity index (χ3v) is 5.79. The summed E-state index contributed by atoms with van der Waals surface area (Å²) < 4.78 is 5.19. The van der Waals surface area contributed by atoms with Crippen LogP contribution in [0.25, 0.3) is 0 Å². The van der Waals surface area contributed by atoms with Crippen LogP contribution in [0.5, 0.6) is 5.75 Å². The van der Waals surface area contributed by atoms with Crippen LogP contribution in [0, 0.1) is 0 Å². The van der Waals surface area contributed by atoms with Gasteiger partial charge >= 0.3 is 0 Å². The molecule has 0 spiro atoms. The second kappa shape index (κ2) is 6.44. The van der Waals surface area contributed by atoms with Crippen molar-refractivity contribution in [3.63, 3.8) is 0 Å². The molecule has 1 aromatic heterocycles. The number of nitrogens with zero attached hydrogens (tertiary/aromatic N) is 2. The topological polar surface area (TPSA) is 54.5 Å². The third-order valence-electron chi connectivity index (χ3n) is 4.49. The lowest BCUT2D eigenvalue weighted by atomic mass is 9.92. The number of aromatic nitrogens is 1. The number of hydrogen-bond acceptors (Lipinski definition) is 5. The molecule has 1 N–H and O–H groups in total. The Hall–Kier alpha value is -2.47. The van der Waals surface area contributed by atoms with E-state index in [2.05, 4.69) is 23.3 Å². The minimum atomic E-state index is -0.172. The van der Waals surface area contributed by atoms with Crippen molar-refractivity contribution in [3.8, 4) is 5.75 Å². The first kappa shape index (κ1) is 16.0. The van der Waals surface area contributed by atoms with Crippen molar-refractivity contribution in [2.24, 2.45) is 0 Å². The van der Waals surface area contributed by atoms with Crippen molar-refractivity contribution in [1.29, 1.82) is 0 Å². The number of fused-ring (bicyclic) bond motifs is 3. The SMILES string of the molecule is CCNc1ccnc2c1C1C=CN(c3ccc(OC)cc3)C(=O)C1S2. The number of carbonyl (C=O) groups is 1. The maximum Gasteiger partial charge on any atom is 0.245 e. The molecule has 25 heavy (non-hydrogen) atoms. The van der Waals surface area contributed by atoms with Gasteiger partial charge in [0.15, 0.2) is 0 Å². The minimum Gasteiger partial charge on any atom is -0.497 e. The maximum absolute atomic E-state index is 13.1. The first-order valence-electron chi connectivity index (χ1n) is 8.27. The highest BCUT2D eigenvalue weighted by atomic mass is 32.2. The fraction of sp³-hybridized carbons (Fsp3) is 0.263. The Labute approximate surface area is 151 Å². The Balaban J connectivity index is 1.67. The molecular formula is C19H19N3O2S. The summed E-state index contributed by atoms with van der Waals surface area (Å²) in [6.07, 6.45) is 5.79. The van der Waals surface area contributed by atoms with Crippen LogP contribution < -0.4 is 15.0 Å². The molecule has 0 saturated carbocycles. The van der Waals surface area contributed by atoms with Crippen molar-refractivity contribution in [2.75, 3.05) is 23.9 Å². The van der Waals surface area contributed by atoms with Crippen molar-refractivity contribution in [3.05, 3.63) is 54.4 Å². The lowest BCUT2D eigenvalue weighted by Gasteiger charge is -2.29. The molecule has 2 aliphatic heterocycles. The number of carbonyl (C=O) groups excluding carboxylic acids is 1. The average Bonchev–Trinajstić information content (AvgIpc) is 3.03. The number of ether oxygens (including phenoxy) is 1. The van der Waals surface area contributed by atoms with Crippen LogP contribution >= 0.6 is 11.8 Å². The van der Waals surface area contributed by atoms with Crippen molar-refractivity contribution in [1.82, 2.24) is 4.98 Å². The Bertz CT molecular complexity index is 835. The smallest absolute Gasteiger partial charge is 0.245 e. The van der Waals surface area contributed by atoms with E-state index in [1.165, 1.54) is 0 Å². The standard InChI is InChI=1S/C19H19N3O2S/c1-3-20-15-8-10-21-18-16(15)14-9-11-22(19(23)17(14)25-18)12-4-6-13(24-2)7-5-12/h4-11,14,17H,3H2,1-2H3,(H,20,21). The molecule has 2 atom stereocenters. The number of methoxy groups -OCH3 is 1. The molecule has 128 valence electrons. The van der Waals surface area contributed by atoms with Gasteiger partial charge in [0.2, 0.25) is 5.91 Å². The van der Waals surface area contributed by atoms with Crippen LogP contribution in [0.1, 0.15) is 18.4 Å². The molecule has 3 heterocycles. The van der Waals surface area contributed by atoms with E-state index in [9.17, 15) is 4.79 Å². The van der Waals surface area contributed by atoms with Gasteiger partial charge in [0.1, 0.15) is 16.0 Å². The Morgan fingerprint density at radius 1 is 1.28 bits per heavy atom. The Morgan fingerprint density at radius 3 is 2.80 bits per heavy atom. The van der Waals surface area contributed by atoms with E-state index in [1.807, 2.05) is 36.5 Å². The summed E-state index contributed by atoms with van der Waals surface area (Å²) in [4.78, 5) is 19.3. The summed E-state index contributed by atoms with van der Waals surface area (Å²) in [6, 6.07) is 9.51. The van der Waals surface area contributed by atoms with Gasteiger partial charge in [0, 0.05) is 41.8 Å². The molecule has 2 aliphatic rings. The number of anilines is 2. The third kappa shape index (κ3) is 2.66. The highest BCUT2D eigenvalue weighted by molar-refractivity contribution is 8.01. The van der Waals surface area contributed by atoms with Crippen LogP contribution in [0.4, 0.5) is 11.4 Å². The van der Waals surface area contributed by atoms with Gasteiger partial charge in [0.25, 0.3) is 0 Å². The Kier molecular flexibility index (Phi) is 4.13. The second-order valence-corrected chi connectivity index (χ2v) is 7.05. The fourth-order valence-electron chi connectivity index (χ4n) is 3.31. The molecule has 1 aromatic carbocycles. The van der Waals surface area contributed by atoms with E-state index >= 15 is 0 Å². The quantitative estimate of drug-likeness (QED) is 0.909. The van der Waals surface area contributed by atoms with Gasteiger partial charge in [-0.1, -0.05) is 17.8 Å². The first-order chi connectivity index (χ1) is 12.2. The molecule has 2 unspecified atom stereocenters. The molecule has 0 aliphatic carbocycles. The normalized spacial score (nSPS) is 21.0. The van der Waals surface area contributed by atoms with Crippen molar-refractivity contribution in [2.45, 2.75) is 23.1 Å². The van der Waals surface area contributed by atoms with Crippen LogP contribution in [0.3, 0.4) is 0 Å². The number of rotatable bonds is 4. The summed E-state index contributed by atoms with van der Waals surface area (Å²) in [6.45, 7) is 2.91. The average molecular weight is 353 g/mol. The summed E-state index contributed by atoms with van der Waals surface area (Å²) in [7, 11) is 1.63. The van der Waals surface area contributed by atoms with E-state index in [0.717, 1.165) is 34.3 Å². The van der Waals surface area contributed by atoms with E-state index in [-0.39, 0.29) is 17.1 Å². The zero-order chi connectivity index (χ0) is 17.4. The second-order valence-electron chi connectivity index (χ2n) is 5.92. The predicted octanol–water partition coefficient (Wildman–Crippen LogP) is 3.64. The van der Waals surface area contributed by atoms with E-state index in [4.69, 9.17) is 4.74 Å². The number of allylic oxidation sites excluding steroid dienone is 1. The molecule has 6 heteroatoms. The predicted molar refractivity (Wildman–Crippen MR) is 100 cm³/mol. The van der Waals surface area contributed by atoms with Crippen molar-refractivity contribution < 1.29 is 9.53 Å². The van der Waals surface area contributed by atoms with Crippen LogP contribution in [-0.2, 0) is 4.79 Å². The van der Waals surface area contributed by atoms with Gasteiger partial charge in [0.05, 0.1) is 7.11 Å². The van der Waals surface area contributed by atoms with Gasteiger partial charge in [-0.15, -0.1) is 0 Å². The number of pyridine rings is 1. The monoisotopic (exact) mass is 353 g/mol. The van der Waals surface area contributed by atoms with Gasteiger partial charge in [-0.2, -0.15) is 0 Å². The number of thioether (sulfide) groups is 1. The molecule has 0 bridgehead atoms. The lowest BCUT2D eigenvalue weighted by molar-refractivity contribution is -0.117. The van der Waals surface area contributed by atoms with Gasteiger partial charge in [-0.05, 0) is 37.3 Å². The molecule has 0 radical (unpaired) electrons. The fourth-order valence-corrected chi connectivity index (χ4v) is 4.63. The largest absolute Gasteiger partial charge is 0.497 e. The molecule has 2 aromatic rings. The summed E-state index contributed by atoms with van der Waals surface area (Å²) in [5.74, 6) is 0.921. The molecular weight excluding hydrogens is 334 g/mol. The van der Waals surface area contributed by atoms with Gasteiger partial charge < -0.3 is 10.1 Å². The van der Waals surface area contributed by atoms with Crippen molar-refractivity contribution >= 4 is 29.0 Å². The molecule has 5 nitrogen and oxygen atoms in total. The number of amides is 1. The minimum absolute atomic E-state index is 0.0600. The maximum atomic E-state index is 13.1. The number of hydrogen-bond donors (Lipinski definition) is 1. The summed E-state index contributed by atoms with van der Waals surface area (Å²) >= 11 is 1.56. The number of benzene rings is 1. The summed E-state index contributed by atoms with van der Waals surface area (Å²) in [5, 5.41) is 4.16. The molecule has 0 saturated heterocycles.